The molecule has 0 bridgehead atoms. The summed E-state index contributed by atoms with van der Waals surface area (Å²) in [4.78, 5) is 0. The Morgan fingerprint density at radius 2 is 0.822 bits per heavy atom. The highest BCUT2D eigenvalue weighted by molar-refractivity contribution is 6.19. The van der Waals surface area contributed by atoms with Gasteiger partial charge in [0, 0.05) is 11.8 Å². The van der Waals surface area contributed by atoms with Crippen LogP contribution in [0, 0.1) is 0 Å². The fraction of sp³-hybridized carbons (Fsp3) is 0.111. The molecule has 10 rings (SSSR count). The van der Waals surface area contributed by atoms with Crippen molar-refractivity contribution in [2.45, 2.75) is 32.1 Å². The molecule has 0 aromatic heterocycles. The van der Waals surface area contributed by atoms with Crippen molar-refractivity contribution in [3.8, 4) is 0 Å². The van der Waals surface area contributed by atoms with Crippen LogP contribution in [0.25, 0.3) is 56.0 Å². The Bertz CT molecular complexity index is 2240. The number of allylic oxidation sites excluding steroid dienone is 6. The monoisotopic (exact) mass is 572 g/mol. The van der Waals surface area contributed by atoms with Crippen LogP contribution in [0.3, 0.4) is 0 Å². The molecule has 0 aliphatic heterocycles. The minimum atomic E-state index is 0.302. The van der Waals surface area contributed by atoms with Gasteiger partial charge in [-0.2, -0.15) is 0 Å². The summed E-state index contributed by atoms with van der Waals surface area (Å²) in [6.07, 6.45) is 6.05. The first-order chi connectivity index (χ1) is 22.2. The Labute approximate surface area is 264 Å². The van der Waals surface area contributed by atoms with Crippen molar-refractivity contribution < 1.29 is 0 Å². The van der Waals surface area contributed by atoms with Gasteiger partial charge in [-0.25, -0.2) is 0 Å². The van der Waals surface area contributed by atoms with Crippen LogP contribution < -0.4 is 0 Å². The third kappa shape index (κ3) is 3.37. The molecule has 6 aromatic rings. The first kappa shape index (κ1) is 25.2. The third-order valence-corrected chi connectivity index (χ3v) is 11.1. The van der Waals surface area contributed by atoms with Crippen molar-refractivity contribution in [1.82, 2.24) is 0 Å². The van der Waals surface area contributed by atoms with E-state index < -0.39 is 0 Å². The largest absolute Gasteiger partial charge is 0.0619 e. The van der Waals surface area contributed by atoms with E-state index >= 15 is 0 Å². The van der Waals surface area contributed by atoms with E-state index in [0.717, 1.165) is 6.42 Å². The van der Waals surface area contributed by atoms with Crippen molar-refractivity contribution >= 4 is 56.0 Å². The lowest BCUT2D eigenvalue weighted by atomic mass is 9.76. The molecule has 0 heterocycles. The predicted octanol–water partition coefficient (Wildman–Crippen LogP) is 11.9. The van der Waals surface area contributed by atoms with Crippen LogP contribution in [-0.2, 0) is 0 Å². The van der Waals surface area contributed by atoms with E-state index in [1.54, 1.807) is 0 Å². The van der Waals surface area contributed by atoms with Crippen molar-refractivity contribution in [2.24, 2.45) is 0 Å². The molecule has 4 aliphatic carbocycles. The number of rotatable bonds is 4. The van der Waals surface area contributed by atoms with Crippen LogP contribution in [-0.4, -0.2) is 0 Å². The molecule has 6 aromatic carbocycles. The minimum absolute atomic E-state index is 0.302. The summed E-state index contributed by atoms with van der Waals surface area (Å²) >= 11 is 0. The van der Waals surface area contributed by atoms with Crippen molar-refractivity contribution in [2.75, 3.05) is 0 Å². The Balaban J connectivity index is 1.14. The molecule has 212 valence electrons. The van der Waals surface area contributed by atoms with Gasteiger partial charge < -0.3 is 0 Å². The average Bonchev–Trinajstić information content (AvgIpc) is 3.78. The summed E-state index contributed by atoms with van der Waals surface area (Å²) in [5, 5.41) is 5.48. The third-order valence-electron chi connectivity index (χ3n) is 11.1. The van der Waals surface area contributed by atoms with Crippen LogP contribution >= 0.6 is 0 Å². The van der Waals surface area contributed by atoms with Gasteiger partial charge in [0.15, 0.2) is 0 Å². The van der Waals surface area contributed by atoms with Gasteiger partial charge in [-0.1, -0.05) is 133 Å². The highest BCUT2D eigenvalue weighted by atomic mass is 14.4. The highest BCUT2D eigenvalue weighted by Gasteiger charge is 2.38. The second-order valence-corrected chi connectivity index (χ2v) is 13.2. The SMILES string of the molecule is CC1=C(C2=Cc3ccccc3C2CC2C(C3=C(C)c4cccc5cccc3c45)=Cc3ccccc32)c2cccc3cccc1c23. The smallest absolute Gasteiger partial charge is 0.0111 e. The number of fused-ring (bicyclic) bond motifs is 2. The van der Waals surface area contributed by atoms with E-state index in [0.29, 0.717) is 11.8 Å². The predicted molar refractivity (Wildman–Crippen MR) is 192 cm³/mol. The zero-order valence-corrected chi connectivity index (χ0v) is 25.6. The average molecular weight is 573 g/mol. The second-order valence-electron chi connectivity index (χ2n) is 13.2. The highest BCUT2D eigenvalue weighted by Crippen LogP contribution is 2.58. The minimum Gasteiger partial charge on any atom is -0.0619 e. The van der Waals surface area contributed by atoms with Crippen molar-refractivity contribution in [3.05, 3.63) is 177 Å². The molecule has 0 radical (unpaired) electrons. The van der Waals surface area contributed by atoms with E-state index in [4.69, 9.17) is 0 Å². The van der Waals surface area contributed by atoms with E-state index in [9.17, 15) is 0 Å². The molecule has 45 heavy (non-hydrogen) atoms. The fourth-order valence-electron chi connectivity index (χ4n) is 9.17. The Kier molecular flexibility index (Phi) is 5.12. The van der Waals surface area contributed by atoms with E-state index in [1.807, 2.05) is 0 Å². The lowest BCUT2D eigenvalue weighted by Crippen LogP contribution is -2.10. The molecule has 0 N–H and O–H groups in total. The molecule has 0 fully saturated rings. The van der Waals surface area contributed by atoms with Crippen LogP contribution in [0.15, 0.2) is 132 Å². The van der Waals surface area contributed by atoms with E-state index in [1.165, 1.54) is 99.5 Å². The molecule has 2 atom stereocenters. The van der Waals surface area contributed by atoms with Gasteiger partial charge in [0.05, 0.1) is 0 Å². The van der Waals surface area contributed by atoms with E-state index in [2.05, 4.69) is 147 Å². The fourth-order valence-corrected chi connectivity index (χ4v) is 9.17. The van der Waals surface area contributed by atoms with Gasteiger partial charge in [-0.3, -0.25) is 0 Å². The maximum Gasteiger partial charge on any atom is 0.0111 e. The Morgan fingerprint density at radius 3 is 1.27 bits per heavy atom. The molecule has 0 nitrogen and oxygen atoms in total. The standard InChI is InChI=1S/C45H32/c1-26-32-19-7-13-28-15-9-21-36(44(28)32)42(26)40-23-30-11-3-5-17-34(30)38(40)25-39-35-18-6-4-12-31(35)24-41(39)43-27(2)33-20-8-14-29-16-10-22-37(43)45(29)33/h3-24,38-39H,25H2,1-2H3. The molecule has 0 heteroatoms. The summed E-state index contributed by atoms with van der Waals surface area (Å²) in [6, 6.07) is 45.5. The summed E-state index contributed by atoms with van der Waals surface area (Å²) in [6.45, 7) is 4.68. The zero-order valence-electron chi connectivity index (χ0n) is 25.6. The molecule has 0 saturated heterocycles. The number of hydrogen-bond acceptors (Lipinski definition) is 0. The first-order valence-corrected chi connectivity index (χ1v) is 16.3. The maximum absolute atomic E-state index is 2.50. The lowest BCUT2D eigenvalue weighted by Gasteiger charge is -2.26. The van der Waals surface area contributed by atoms with Crippen LogP contribution in [0.1, 0.15) is 76.6 Å². The van der Waals surface area contributed by atoms with Gasteiger partial charge in [0.1, 0.15) is 0 Å². The molecular formula is C45H32. The lowest BCUT2D eigenvalue weighted by molar-refractivity contribution is 0.662. The second kappa shape index (κ2) is 9.16. The molecule has 4 aliphatic rings. The van der Waals surface area contributed by atoms with Gasteiger partial charge >= 0.3 is 0 Å². The summed E-state index contributed by atoms with van der Waals surface area (Å²) in [5.74, 6) is 0.603. The van der Waals surface area contributed by atoms with Crippen LogP contribution in [0.5, 0.6) is 0 Å². The number of hydrogen-bond donors (Lipinski definition) is 0. The zero-order chi connectivity index (χ0) is 29.8. The molecule has 0 amide bonds. The van der Waals surface area contributed by atoms with Gasteiger partial charge in [-0.15, -0.1) is 0 Å². The van der Waals surface area contributed by atoms with Crippen molar-refractivity contribution in [1.29, 1.82) is 0 Å². The van der Waals surface area contributed by atoms with Crippen molar-refractivity contribution in [3.63, 3.8) is 0 Å². The molecule has 0 spiro atoms. The van der Waals surface area contributed by atoms with Crippen LogP contribution in [0.4, 0.5) is 0 Å². The van der Waals surface area contributed by atoms with Gasteiger partial charge in [0.2, 0.25) is 0 Å². The molecular weight excluding hydrogens is 540 g/mol. The van der Waals surface area contributed by atoms with Gasteiger partial charge in [0.25, 0.3) is 0 Å². The Hall–Kier alpha value is -5.20. The normalized spacial score (nSPS) is 19.1. The van der Waals surface area contributed by atoms with Crippen LogP contribution in [0.2, 0.25) is 0 Å². The summed E-state index contributed by atoms with van der Waals surface area (Å²) in [5.41, 5.74) is 19.9. The summed E-state index contributed by atoms with van der Waals surface area (Å²) in [7, 11) is 0. The number of benzene rings is 6. The van der Waals surface area contributed by atoms with Gasteiger partial charge in [-0.05, 0) is 120 Å². The topological polar surface area (TPSA) is 0 Å². The quantitative estimate of drug-likeness (QED) is 0.197. The summed E-state index contributed by atoms with van der Waals surface area (Å²) < 4.78 is 0. The first-order valence-electron chi connectivity index (χ1n) is 16.3. The maximum atomic E-state index is 2.50. The molecule has 0 saturated carbocycles. The Morgan fingerprint density at radius 1 is 0.422 bits per heavy atom. The molecule has 2 unspecified atom stereocenters. The van der Waals surface area contributed by atoms with E-state index in [-0.39, 0.29) is 0 Å².